The van der Waals surface area contributed by atoms with Crippen LogP contribution in [0.15, 0.2) is 18.2 Å². The predicted octanol–water partition coefficient (Wildman–Crippen LogP) is 1.54. The second-order valence-corrected chi connectivity index (χ2v) is 8.87. The van der Waals surface area contributed by atoms with Crippen molar-refractivity contribution < 1.29 is 24.3 Å². The van der Waals surface area contributed by atoms with Gasteiger partial charge in [-0.05, 0) is 42.7 Å². The minimum absolute atomic E-state index is 0.0425. The van der Waals surface area contributed by atoms with E-state index in [2.05, 4.69) is 10.6 Å². The zero-order chi connectivity index (χ0) is 22.1. The molecule has 0 aromatic heterocycles. The Morgan fingerprint density at radius 3 is 2.48 bits per heavy atom. The van der Waals surface area contributed by atoms with Crippen LogP contribution in [0, 0.1) is 5.92 Å². The Hall–Kier alpha value is -2.90. The lowest BCUT2D eigenvalue weighted by Gasteiger charge is -2.32. The molecule has 3 amide bonds. The normalized spacial score (nSPS) is 24.2. The third-order valence-electron chi connectivity index (χ3n) is 6.77. The van der Waals surface area contributed by atoms with E-state index in [1.807, 2.05) is 18.2 Å². The van der Waals surface area contributed by atoms with Crippen LogP contribution in [-0.2, 0) is 32.0 Å². The van der Waals surface area contributed by atoms with Crippen molar-refractivity contribution in [3.63, 3.8) is 0 Å². The summed E-state index contributed by atoms with van der Waals surface area (Å²) in [4.78, 5) is 51.6. The van der Waals surface area contributed by atoms with Gasteiger partial charge in [0.2, 0.25) is 17.7 Å². The van der Waals surface area contributed by atoms with Crippen molar-refractivity contribution >= 4 is 29.4 Å². The number of aryl methyl sites for hydroxylation is 1. The molecule has 1 aromatic carbocycles. The number of rotatable bonds is 5. The molecule has 2 heterocycles. The Balaban J connectivity index is 1.57. The number of hydrogen-bond donors (Lipinski definition) is 3. The number of carbonyl (C=O) groups excluding carboxylic acids is 3. The van der Waals surface area contributed by atoms with Gasteiger partial charge < -0.3 is 15.7 Å². The van der Waals surface area contributed by atoms with Crippen molar-refractivity contribution in [2.45, 2.75) is 76.4 Å². The fraction of sp³-hybridized carbons (Fsp3) is 0.565. The highest BCUT2D eigenvalue weighted by molar-refractivity contribution is 6.07. The predicted molar refractivity (Wildman–Crippen MR) is 113 cm³/mol. The summed E-state index contributed by atoms with van der Waals surface area (Å²) in [6, 6.07) is 3.18. The Bertz CT molecular complexity index is 908. The summed E-state index contributed by atoms with van der Waals surface area (Å²) in [5, 5.41) is 15.3. The van der Waals surface area contributed by atoms with Gasteiger partial charge >= 0.3 is 5.97 Å². The van der Waals surface area contributed by atoms with E-state index in [9.17, 15) is 24.3 Å². The molecule has 0 unspecified atom stereocenters. The summed E-state index contributed by atoms with van der Waals surface area (Å²) in [5.74, 6) is -2.05. The number of nitrogens with zero attached hydrogens (tertiary/aromatic N) is 1. The molecule has 3 aliphatic rings. The van der Waals surface area contributed by atoms with Crippen LogP contribution in [0.5, 0.6) is 0 Å². The topological polar surface area (TPSA) is 116 Å². The van der Waals surface area contributed by atoms with E-state index in [1.165, 1.54) is 11.8 Å². The molecule has 166 valence electrons. The summed E-state index contributed by atoms with van der Waals surface area (Å²) >= 11 is 0. The summed E-state index contributed by atoms with van der Waals surface area (Å²) in [6.07, 6.45) is 6.10. The van der Waals surface area contributed by atoms with Crippen LogP contribution in [0.25, 0.3) is 0 Å². The van der Waals surface area contributed by atoms with E-state index in [1.54, 1.807) is 0 Å². The van der Waals surface area contributed by atoms with Gasteiger partial charge in [-0.2, -0.15) is 0 Å². The van der Waals surface area contributed by atoms with Gasteiger partial charge in [-0.25, -0.2) is 4.79 Å². The molecule has 3 N–H and O–H groups in total. The Morgan fingerprint density at radius 1 is 1.10 bits per heavy atom. The number of carboxylic acids is 1. The standard InChI is InChI=1S/C23H29N3O5/c1-13(27)24-19(14-6-3-2-4-7-14)21(28)25-17-11-10-15-8-5-9-16-12-18(23(30)31)26(20(15)16)22(17)29/h5,8-9,14,17-19H,2-4,6-7,10-12H2,1H3,(H,24,27)(H,25,28)(H,30,31)/t17-,18-,19-/m0/s1. The first-order valence-electron chi connectivity index (χ1n) is 11.1. The Kier molecular flexibility index (Phi) is 5.98. The number of hydrogen-bond acceptors (Lipinski definition) is 4. The molecule has 1 fully saturated rings. The quantitative estimate of drug-likeness (QED) is 0.659. The number of carbonyl (C=O) groups is 4. The fourth-order valence-electron chi connectivity index (χ4n) is 5.31. The molecule has 4 rings (SSSR count). The molecule has 8 heteroatoms. The summed E-state index contributed by atoms with van der Waals surface area (Å²) in [5.41, 5.74) is 2.46. The van der Waals surface area contributed by atoms with Crippen LogP contribution >= 0.6 is 0 Å². The Morgan fingerprint density at radius 2 is 1.81 bits per heavy atom. The minimum Gasteiger partial charge on any atom is -0.480 e. The summed E-state index contributed by atoms with van der Waals surface area (Å²) < 4.78 is 0. The zero-order valence-electron chi connectivity index (χ0n) is 17.7. The maximum absolute atomic E-state index is 13.4. The molecule has 8 nitrogen and oxygen atoms in total. The average molecular weight is 428 g/mol. The lowest BCUT2D eigenvalue weighted by Crippen LogP contribution is -2.57. The van der Waals surface area contributed by atoms with Crippen molar-refractivity contribution in [2.75, 3.05) is 4.90 Å². The maximum Gasteiger partial charge on any atom is 0.327 e. The number of carboxylic acid groups (broad SMARTS) is 1. The maximum atomic E-state index is 13.4. The molecule has 3 atom stereocenters. The van der Waals surface area contributed by atoms with E-state index in [-0.39, 0.29) is 24.2 Å². The molecule has 1 aliphatic carbocycles. The van der Waals surface area contributed by atoms with E-state index in [0.29, 0.717) is 18.5 Å². The second kappa shape index (κ2) is 8.69. The van der Waals surface area contributed by atoms with Gasteiger partial charge in [0, 0.05) is 13.3 Å². The van der Waals surface area contributed by atoms with E-state index < -0.39 is 30.0 Å². The number of amides is 3. The molecule has 0 spiro atoms. The van der Waals surface area contributed by atoms with Crippen molar-refractivity contribution in [3.8, 4) is 0 Å². The van der Waals surface area contributed by atoms with Crippen molar-refractivity contribution in [2.24, 2.45) is 5.92 Å². The molecule has 0 radical (unpaired) electrons. The minimum atomic E-state index is -1.05. The van der Waals surface area contributed by atoms with Gasteiger partial charge in [0.25, 0.3) is 0 Å². The fourth-order valence-corrected chi connectivity index (χ4v) is 5.31. The molecule has 1 saturated carbocycles. The van der Waals surface area contributed by atoms with E-state index in [0.717, 1.165) is 43.2 Å². The molecule has 2 aliphatic heterocycles. The lowest BCUT2D eigenvalue weighted by atomic mass is 9.83. The van der Waals surface area contributed by atoms with Crippen LogP contribution in [-0.4, -0.2) is 46.9 Å². The van der Waals surface area contributed by atoms with Gasteiger partial charge in [-0.3, -0.25) is 19.3 Å². The van der Waals surface area contributed by atoms with Crippen molar-refractivity contribution in [1.29, 1.82) is 0 Å². The van der Waals surface area contributed by atoms with Crippen LogP contribution < -0.4 is 15.5 Å². The molecule has 31 heavy (non-hydrogen) atoms. The van der Waals surface area contributed by atoms with Crippen LogP contribution in [0.3, 0.4) is 0 Å². The van der Waals surface area contributed by atoms with Crippen LogP contribution in [0.1, 0.15) is 56.6 Å². The van der Waals surface area contributed by atoms with E-state index >= 15 is 0 Å². The summed E-state index contributed by atoms with van der Waals surface area (Å²) in [6.45, 7) is 1.39. The zero-order valence-corrected chi connectivity index (χ0v) is 17.7. The van der Waals surface area contributed by atoms with Gasteiger partial charge in [-0.15, -0.1) is 0 Å². The second-order valence-electron chi connectivity index (χ2n) is 8.87. The molecule has 0 bridgehead atoms. The first-order chi connectivity index (χ1) is 14.9. The smallest absolute Gasteiger partial charge is 0.327 e. The number of para-hydroxylation sites is 1. The largest absolute Gasteiger partial charge is 0.480 e. The van der Waals surface area contributed by atoms with Gasteiger partial charge in [0.05, 0.1) is 5.69 Å². The third-order valence-corrected chi connectivity index (χ3v) is 6.77. The van der Waals surface area contributed by atoms with Crippen LogP contribution in [0.4, 0.5) is 5.69 Å². The lowest BCUT2D eigenvalue weighted by molar-refractivity contribution is -0.140. The van der Waals surface area contributed by atoms with Gasteiger partial charge in [-0.1, -0.05) is 37.5 Å². The summed E-state index contributed by atoms with van der Waals surface area (Å²) in [7, 11) is 0. The van der Waals surface area contributed by atoms with Gasteiger partial charge in [0.1, 0.15) is 18.1 Å². The SMILES string of the molecule is CC(=O)N[C@H](C(=O)N[C@H]1CCc2cccc3c2N(C1=O)[C@H](C(=O)O)C3)C1CCCCC1. The third kappa shape index (κ3) is 4.16. The Labute approximate surface area is 181 Å². The molecule has 1 aromatic rings. The molecular formula is C23H29N3O5. The first kappa shape index (κ1) is 21.3. The number of anilines is 1. The van der Waals surface area contributed by atoms with Crippen molar-refractivity contribution in [1.82, 2.24) is 10.6 Å². The first-order valence-corrected chi connectivity index (χ1v) is 11.1. The van der Waals surface area contributed by atoms with Crippen molar-refractivity contribution in [3.05, 3.63) is 29.3 Å². The van der Waals surface area contributed by atoms with Crippen LogP contribution in [0.2, 0.25) is 0 Å². The highest BCUT2D eigenvalue weighted by atomic mass is 16.4. The highest BCUT2D eigenvalue weighted by Crippen LogP contribution is 2.39. The highest BCUT2D eigenvalue weighted by Gasteiger charge is 2.44. The number of nitrogens with one attached hydrogen (secondary N) is 2. The van der Waals surface area contributed by atoms with E-state index in [4.69, 9.17) is 0 Å². The monoisotopic (exact) mass is 427 g/mol. The molecule has 0 saturated heterocycles. The number of aliphatic carboxylic acids is 1. The number of benzene rings is 1. The average Bonchev–Trinajstić information content (AvgIpc) is 3.09. The molecular weight excluding hydrogens is 398 g/mol. The van der Waals surface area contributed by atoms with Gasteiger partial charge in [0.15, 0.2) is 0 Å².